The summed E-state index contributed by atoms with van der Waals surface area (Å²) in [6.07, 6.45) is 2.90. The molecule has 0 aromatic heterocycles. The Morgan fingerprint density at radius 1 is 0.971 bits per heavy atom. The standard InChI is InChI=1S/C19H6Br6INO7S/c20-7-1-5(3-9(26)17(7)28)11(6-2-8(21)18(29)10(4-6)27(30)31)12-13(22)14(23)15(24)16(25)19(12)35(32,33)34/h1-4,29H,(H,32,33,34)/b11-5+. The van der Waals surface area contributed by atoms with Crippen LogP contribution in [0.15, 0.2) is 65.2 Å². The van der Waals surface area contributed by atoms with Crippen LogP contribution in [0.25, 0.3) is 5.57 Å². The third kappa shape index (κ3) is 5.74. The van der Waals surface area contributed by atoms with E-state index in [0.717, 1.165) is 6.07 Å². The van der Waals surface area contributed by atoms with E-state index in [9.17, 15) is 33.0 Å². The first kappa shape index (κ1) is 29.6. The summed E-state index contributed by atoms with van der Waals surface area (Å²) >= 11 is 21.3. The number of nitro benzene ring substituents is 1. The number of allylic oxidation sites excluding steroid dienone is 5. The van der Waals surface area contributed by atoms with Crippen molar-refractivity contribution >= 4 is 145 Å². The second kappa shape index (κ2) is 11.0. The number of benzene rings is 2. The zero-order valence-electron chi connectivity index (χ0n) is 16.2. The van der Waals surface area contributed by atoms with Crippen molar-refractivity contribution in [3.63, 3.8) is 0 Å². The predicted octanol–water partition coefficient (Wildman–Crippen LogP) is 8.34. The molecule has 2 N–H and O–H groups in total. The fourth-order valence-corrected chi connectivity index (χ4v) is 8.99. The average molecular weight is 999 g/mol. The molecule has 1 aliphatic carbocycles. The summed E-state index contributed by atoms with van der Waals surface area (Å²) in [6, 6.07) is 2.42. The SMILES string of the molecule is O=C1C(Br)=C/C(=C(/c2cc(Br)c(O)c([N+](=O)[O-])c2)c2c(Br)c(Br)c(Br)c(Br)c2S(=O)(=O)O)C=C1I. The average Bonchev–Trinajstić information content (AvgIpc) is 2.75. The number of Topliss-reactive ketones (excluding diaryl/α,β-unsaturated/α-hetero) is 1. The summed E-state index contributed by atoms with van der Waals surface area (Å²) in [7, 11) is -4.88. The molecule has 0 amide bonds. The normalized spacial score (nSPS) is 15.6. The van der Waals surface area contributed by atoms with Crippen molar-refractivity contribution in [2.75, 3.05) is 0 Å². The Hall–Kier alpha value is 0.0500. The number of aromatic hydroxyl groups is 1. The van der Waals surface area contributed by atoms with E-state index in [1.165, 1.54) is 18.2 Å². The number of phenols is 1. The van der Waals surface area contributed by atoms with E-state index in [4.69, 9.17) is 0 Å². The summed E-state index contributed by atoms with van der Waals surface area (Å²) in [6.45, 7) is 0. The van der Waals surface area contributed by atoms with Crippen molar-refractivity contribution in [1.29, 1.82) is 0 Å². The van der Waals surface area contributed by atoms with Crippen LogP contribution in [0.2, 0.25) is 0 Å². The van der Waals surface area contributed by atoms with Gasteiger partial charge >= 0.3 is 5.69 Å². The Morgan fingerprint density at radius 2 is 1.54 bits per heavy atom. The van der Waals surface area contributed by atoms with Gasteiger partial charge in [-0.1, -0.05) is 0 Å². The van der Waals surface area contributed by atoms with Crippen LogP contribution in [0.3, 0.4) is 0 Å². The number of carbonyl (C=O) groups is 1. The molecule has 184 valence electrons. The minimum Gasteiger partial charge on any atom is -0.501 e. The number of phenolic OH excluding ortho intramolecular Hbond substituents is 1. The lowest BCUT2D eigenvalue weighted by Gasteiger charge is -2.21. The van der Waals surface area contributed by atoms with Crippen LogP contribution in [-0.4, -0.2) is 28.8 Å². The number of rotatable bonds is 4. The molecule has 16 heteroatoms. The maximum Gasteiger partial charge on any atom is 0.312 e. The minimum absolute atomic E-state index is 0.0240. The van der Waals surface area contributed by atoms with Crippen LogP contribution < -0.4 is 0 Å². The molecule has 0 unspecified atom stereocenters. The lowest BCUT2D eigenvalue weighted by atomic mass is 9.90. The van der Waals surface area contributed by atoms with Gasteiger partial charge in [-0.2, -0.15) is 8.42 Å². The van der Waals surface area contributed by atoms with Gasteiger partial charge in [0.25, 0.3) is 10.1 Å². The fourth-order valence-electron chi connectivity index (χ4n) is 3.10. The first-order chi connectivity index (χ1) is 16.1. The molecule has 0 aliphatic heterocycles. The Balaban J connectivity index is 2.68. The molecule has 0 saturated carbocycles. The topological polar surface area (TPSA) is 135 Å². The summed E-state index contributed by atoms with van der Waals surface area (Å²) in [5.41, 5.74) is -0.224. The van der Waals surface area contributed by atoms with Crippen LogP contribution in [0.4, 0.5) is 5.69 Å². The second-order valence-corrected chi connectivity index (χ2v) is 14.1. The van der Waals surface area contributed by atoms with Gasteiger partial charge in [0.1, 0.15) is 4.90 Å². The highest BCUT2D eigenvalue weighted by Crippen LogP contribution is 2.50. The Morgan fingerprint density at radius 3 is 2.06 bits per heavy atom. The number of halogens is 7. The van der Waals surface area contributed by atoms with Gasteiger partial charge in [-0.15, -0.1) is 0 Å². The number of ketones is 1. The maximum absolute atomic E-state index is 12.6. The van der Waals surface area contributed by atoms with Gasteiger partial charge in [-0.3, -0.25) is 19.5 Å². The lowest BCUT2D eigenvalue weighted by molar-refractivity contribution is -0.386. The molecule has 8 nitrogen and oxygen atoms in total. The molecule has 0 saturated heterocycles. The zero-order valence-corrected chi connectivity index (χ0v) is 28.7. The van der Waals surface area contributed by atoms with Crippen molar-refractivity contribution < 1.29 is 27.8 Å². The molecule has 0 heterocycles. The number of hydrogen-bond donors (Lipinski definition) is 2. The molecular formula is C19H6Br6INO7S. The molecular weight excluding hydrogens is 993 g/mol. The van der Waals surface area contributed by atoms with Gasteiger partial charge in [0, 0.05) is 25.0 Å². The summed E-state index contributed by atoms with van der Waals surface area (Å²) in [5.74, 6) is -0.949. The predicted molar refractivity (Wildman–Crippen MR) is 160 cm³/mol. The maximum atomic E-state index is 12.6. The molecule has 2 aromatic carbocycles. The molecule has 2 aromatic rings. The van der Waals surface area contributed by atoms with Gasteiger partial charge in [-0.05, 0) is 153 Å². The third-order valence-corrected chi connectivity index (χ3v) is 12.5. The van der Waals surface area contributed by atoms with Crippen LogP contribution in [-0.2, 0) is 14.9 Å². The minimum atomic E-state index is -4.88. The molecule has 3 rings (SSSR count). The Bertz CT molecular complexity index is 1530. The summed E-state index contributed by atoms with van der Waals surface area (Å²) < 4.78 is 36.5. The van der Waals surface area contributed by atoms with Crippen molar-refractivity contribution in [3.05, 3.63) is 81.5 Å². The van der Waals surface area contributed by atoms with Crippen LogP contribution in [0.1, 0.15) is 11.1 Å². The van der Waals surface area contributed by atoms with E-state index in [2.05, 4.69) is 95.6 Å². The van der Waals surface area contributed by atoms with Gasteiger partial charge in [0.15, 0.2) is 0 Å². The van der Waals surface area contributed by atoms with E-state index >= 15 is 0 Å². The highest BCUT2D eigenvalue weighted by molar-refractivity contribution is 14.1. The molecule has 0 radical (unpaired) electrons. The lowest BCUT2D eigenvalue weighted by Crippen LogP contribution is -2.10. The zero-order chi connectivity index (χ0) is 26.6. The smallest absolute Gasteiger partial charge is 0.312 e. The van der Waals surface area contributed by atoms with Gasteiger partial charge in [0.2, 0.25) is 11.5 Å². The van der Waals surface area contributed by atoms with Crippen LogP contribution >= 0.6 is 118 Å². The highest BCUT2D eigenvalue weighted by Gasteiger charge is 2.32. The molecule has 0 bridgehead atoms. The van der Waals surface area contributed by atoms with Gasteiger partial charge < -0.3 is 5.11 Å². The number of nitro groups is 1. The van der Waals surface area contributed by atoms with Gasteiger partial charge in [-0.25, -0.2) is 0 Å². The fraction of sp³-hybridized carbons (Fsp3) is 0. The van der Waals surface area contributed by atoms with E-state index in [-0.39, 0.29) is 48.4 Å². The molecule has 0 fully saturated rings. The molecule has 1 aliphatic rings. The first-order valence-electron chi connectivity index (χ1n) is 8.62. The monoisotopic (exact) mass is 992 g/mol. The number of hydrogen-bond acceptors (Lipinski definition) is 6. The highest BCUT2D eigenvalue weighted by atomic mass is 127. The van der Waals surface area contributed by atoms with Crippen LogP contribution in [0.5, 0.6) is 5.75 Å². The largest absolute Gasteiger partial charge is 0.501 e. The van der Waals surface area contributed by atoms with Crippen molar-refractivity contribution in [2.24, 2.45) is 0 Å². The summed E-state index contributed by atoms with van der Waals surface area (Å²) in [5, 5.41) is 21.8. The van der Waals surface area contributed by atoms with E-state index in [1.54, 1.807) is 0 Å². The Labute approximate surface area is 262 Å². The first-order valence-corrected chi connectivity index (χ1v) is 15.9. The number of carbonyl (C=O) groups excluding carboxylic acids is 1. The van der Waals surface area contributed by atoms with Crippen molar-refractivity contribution in [2.45, 2.75) is 4.90 Å². The third-order valence-electron chi connectivity index (χ3n) is 4.55. The number of nitrogens with zero attached hydrogens (tertiary/aromatic N) is 1. The quantitative estimate of drug-likeness (QED) is 0.0786. The van der Waals surface area contributed by atoms with Crippen molar-refractivity contribution in [1.82, 2.24) is 0 Å². The van der Waals surface area contributed by atoms with E-state index < -0.39 is 31.4 Å². The molecule has 0 atom stereocenters. The van der Waals surface area contributed by atoms with E-state index in [1.807, 2.05) is 22.6 Å². The second-order valence-electron chi connectivity index (χ2n) is 6.66. The molecule has 0 spiro atoms. The summed E-state index contributed by atoms with van der Waals surface area (Å²) in [4.78, 5) is 22.6. The van der Waals surface area contributed by atoms with E-state index in [0.29, 0.717) is 10.0 Å². The molecule has 35 heavy (non-hydrogen) atoms. The van der Waals surface area contributed by atoms with Crippen LogP contribution in [0, 0.1) is 10.1 Å². The Kier molecular flexibility index (Phi) is 9.34. The van der Waals surface area contributed by atoms with Crippen molar-refractivity contribution in [3.8, 4) is 5.75 Å². The van der Waals surface area contributed by atoms with Gasteiger partial charge in [0.05, 0.1) is 21.9 Å².